The third kappa shape index (κ3) is 2.51. The number of thiophene rings is 1. The molecule has 2 heterocycles. The minimum Gasteiger partial charge on any atom is -0.378 e. The predicted molar refractivity (Wildman–Crippen MR) is 84.2 cm³/mol. The molecule has 0 spiro atoms. The summed E-state index contributed by atoms with van der Waals surface area (Å²) in [6, 6.07) is 14.4. The van der Waals surface area contributed by atoms with Gasteiger partial charge in [-0.2, -0.15) is 15.6 Å². The molecule has 0 aliphatic heterocycles. The summed E-state index contributed by atoms with van der Waals surface area (Å²) in [7, 11) is 4.04. The molecular weight excluding hydrogens is 282 g/mol. The van der Waals surface area contributed by atoms with Crippen molar-refractivity contribution in [3.8, 4) is 27.1 Å². The van der Waals surface area contributed by atoms with E-state index in [9.17, 15) is 0 Å². The Bertz CT molecular complexity index is 809. The third-order valence-corrected chi connectivity index (χ3v) is 4.28. The van der Waals surface area contributed by atoms with E-state index in [1.807, 2.05) is 38.4 Å². The zero-order valence-corrected chi connectivity index (χ0v) is 12.5. The van der Waals surface area contributed by atoms with Gasteiger partial charge in [0.15, 0.2) is 5.69 Å². The summed E-state index contributed by atoms with van der Waals surface area (Å²) in [6.07, 6.45) is 0. The number of hydrogen-bond donors (Lipinski definition) is 1. The largest absolute Gasteiger partial charge is 0.378 e. The fourth-order valence-corrected chi connectivity index (χ4v) is 3.03. The van der Waals surface area contributed by atoms with E-state index >= 15 is 0 Å². The van der Waals surface area contributed by atoms with Gasteiger partial charge in [-0.05, 0) is 29.8 Å². The van der Waals surface area contributed by atoms with E-state index in [0.717, 1.165) is 21.0 Å². The fraction of sp³-hybridized carbons (Fsp3) is 0.133. The van der Waals surface area contributed by atoms with Gasteiger partial charge in [0.2, 0.25) is 0 Å². The SMILES string of the molecule is CN(C)c1cccc(-c2ccc(-c3n[nH]nc3C#N)s2)c1. The van der Waals surface area contributed by atoms with Crippen molar-refractivity contribution in [1.82, 2.24) is 15.4 Å². The lowest BCUT2D eigenvalue weighted by molar-refractivity contribution is 0.937. The van der Waals surface area contributed by atoms with Crippen LogP contribution in [0.25, 0.3) is 21.0 Å². The Morgan fingerprint density at radius 2 is 1.95 bits per heavy atom. The van der Waals surface area contributed by atoms with Crippen molar-refractivity contribution in [3.05, 3.63) is 42.1 Å². The fourth-order valence-electron chi connectivity index (χ4n) is 2.04. The molecule has 0 aliphatic rings. The summed E-state index contributed by atoms with van der Waals surface area (Å²) in [4.78, 5) is 4.15. The lowest BCUT2D eigenvalue weighted by atomic mass is 10.1. The van der Waals surface area contributed by atoms with Crippen LogP contribution in [-0.2, 0) is 0 Å². The molecule has 2 aromatic heterocycles. The molecule has 0 bridgehead atoms. The third-order valence-electron chi connectivity index (χ3n) is 3.14. The molecule has 1 aromatic carbocycles. The van der Waals surface area contributed by atoms with Crippen molar-refractivity contribution >= 4 is 17.0 Å². The van der Waals surface area contributed by atoms with Crippen molar-refractivity contribution in [1.29, 1.82) is 5.26 Å². The first kappa shape index (κ1) is 13.3. The van der Waals surface area contributed by atoms with E-state index in [0.29, 0.717) is 11.4 Å². The maximum Gasteiger partial charge on any atom is 0.191 e. The average molecular weight is 295 g/mol. The summed E-state index contributed by atoms with van der Waals surface area (Å²) in [6.45, 7) is 0. The average Bonchev–Trinajstić information content (AvgIpc) is 3.15. The standard InChI is InChI=1S/C15H13N5S/c1-20(2)11-5-3-4-10(8-11)13-6-7-14(21-13)15-12(9-16)17-19-18-15/h3-8H,1-2H3,(H,17,18,19). The number of anilines is 1. The molecule has 0 amide bonds. The lowest BCUT2D eigenvalue weighted by Crippen LogP contribution is -2.08. The molecule has 0 saturated heterocycles. The number of H-pyrrole nitrogens is 1. The molecule has 0 fully saturated rings. The van der Waals surface area contributed by atoms with Gasteiger partial charge in [0.25, 0.3) is 0 Å². The first-order valence-electron chi connectivity index (χ1n) is 6.38. The Labute approximate surface area is 126 Å². The Balaban J connectivity index is 1.99. The molecule has 6 heteroatoms. The van der Waals surface area contributed by atoms with E-state index in [4.69, 9.17) is 5.26 Å². The number of nitrogens with one attached hydrogen (secondary N) is 1. The van der Waals surface area contributed by atoms with Crippen LogP contribution in [0.15, 0.2) is 36.4 Å². The van der Waals surface area contributed by atoms with Crippen molar-refractivity contribution in [2.75, 3.05) is 19.0 Å². The molecule has 1 N–H and O–H groups in total. The van der Waals surface area contributed by atoms with E-state index in [-0.39, 0.29) is 0 Å². The Kier molecular flexibility index (Phi) is 3.42. The van der Waals surface area contributed by atoms with E-state index in [1.54, 1.807) is 11.3 Å². The lowest BCUT2D eigenvalue weighted by Gasteiger charge is -2.12. The normalized spacial score (nSPS) is 10.3. The van der Waals surface area contributed by atoms with Crippen LogP contribution in [0.4, 0.5) is 5.69 Å². The van der Waals surface area contributed by atoms with Crippen LogP contribution in [-0.4, -0.2) is 29.5 Å². The molecular formula is C15H13N5S. The number of hydrogen-bond acceptors (Lipinski definition) is 5. The Hall–Kier alpha value is -2.65. The van der Waals surface area contributed by atoms with Crippen molar-refractivity contribution in [3.63, 3.8) is 0 Å². The van der Waals surface area contributed by atoms with Crippen LogP contribution in [0.2, 0.25) is 0 Å². The van der Waals surface area contributed by atoms with Crippen LogP contribution < -0.4 is 4.90 Å². The molecule has 0 unspecified atom stereocenters. The second-order valence-electron chi connectivity index (χ2n) is 4.74. The number of rotatable bonds is 3. The summed E-state index contributed by atoms with van der Waals surface area (Å²) in [5, 5.41) is 19.4. The summed E-state index contributed by atoms with van der Waals surface area (Å²) >= 11 is 1.60. The van der Waals surface area contributed by atoms with E-state index in [2.05, 4.69) is 38.5 Å². The summed E-state index contributed by atoms with van der Waals surface area (Å²) < 4.78 is 0. The summed E-state index contributed by atoms with van der Waals surface area (Å²) in [5.41, 5.74) is 3.24. The molecule has 3 aromatic rings. The molecule has 104 valence electrons. The summed E-state index contributed by atoms with van der Waals surface area (Å²) in [5.74, 6) is 0. The molecule has 0 saturated carbocycles. The van der Waals surface area contributed by atoms with Gasteiger partial charge in [-0.15, -0.1) is 16.4 Å². The molecule has 0 aliphatic carbocycles. The second kappa shape index (κ2) is 5.38. The highest BCUT2D eigenvalue weighted by Gasteiger charge is 2.13. The number of nitriles is 1. The van der Waals surface area contributed by atoms with E-state index in [1.165, 1.54) is 0 Å². The maximum absolute atomic E-state index is 9.02. The van der Waals surface area contributed by atoms with Gasteiger partial charge in [0, 0.05) is 24.7 Å². The van der Waals surface area contributed by atoms with Gasteiger partial charge in [-0.25, -0.2) is 0 Å². The molecule has 21 heavy (non-hydrogen) atoms. The molecule has 0 atom stereocenters. The van der Waals surface area contributed by atoms with Crippen LogP contribution in [0.5, 0.6) is 0 Å². The second-order valence-corrected chi connectivity index (χ2v) is 5.83. The number of aromatic nitrogens is 3. The van der Waals surface area contributed by atoms with Crippen LogP contribution >= 0.6 is 11.3 Å². The first-order chi connectivity index (χ1) is 10.2. The molecule has 0 radical (unpaired) electrons. The van der Waals surface area contributed by atoms with Gasteiger partial charge >= 0.3 is 0 Å². The first-order valence-corrected chi connectivity index (χ1v) is 7.19. The minimum absolute atomic E-state index is 0.324. The Morgan fingerprint density at radius 1 is 1.14 bits per heavy atom. The minimum atomic E-state index is 0.324. The monoisotopic (exact) mass is 295 g/mol. The smallest absolute Gasteiger partial charge is 0.191 e. The quantitative estimate of drug-likeness (QED) is 0.806. The molecule has 5 nitrogen and oxygen atoms in total. The van der Waals surface area contributed by atoms with Crippen LogP contribution in [0.3, 0.4) is 0 Å². The van der Waals surface area contributed by atoms with Gasteiger partial charge in [0.1, 0.15) is 11.8 Å². The highest BCUT2D eigenvalue weighted by molar-refractivity contribution is 7.18. The van der Waals surface area contributed by atoms with E-state index < -0.39 is 0 Å². The zero-order chi connectivity index (χ0) is 14.8. The Morgan fingerprint density at radius 3 is 2.71 bits per heavy atom. The zero-order valence-electron chi connectivity index (χ0n) is 11.7. The number of benzene rings is 1. The molecule has 3 rings (SSSR count). The van der Waals surface area contributed by atoms with Gasteiger partial charge in [0.05, 0.1) is 4.88 Å². The highest BCUT2D eigenvalue weighted by Crippen LogP contribution is 2.35. The van der Waals surface area contributed by atoms with Crippen LogP contribution in [0, 0.1) is 11.3 Å². The topological polar surface area (TPSA) is 68.6 Å². The van der Waals surface area contributed by atoms with Gasteiger partial charge in [-0.1, -0.05) is 12.1 Å². The predicted octanol–water partition coefficient (Wildman–Crippen LogP) is 3.14. The number of nitrogens with zero attached hydrogens (tertiary/aromatic N) is 4. The van der Waals surface area contributed by atoms with Crippen LogP contribution in [0.1, 0.15) is 5.69 Å². The van der Waals surface area contributed by atoms with Crippen molar-refractivity contribution in [2.24, 2.45) is 0 Å². The maximum atomic E-state index is 9.02. The van der Waals surface area contributed by atoms with Crippen molar-refractivity contribution in [2.45, 2.75) is 0 Å². The van der Waals surface area contributed by atoms with Gasteiger partial charge in [-0.3, -0.25) is 0 Å². The number of aromatic amines is 1. The van der Waals surface area contributed by atoms with Gasteiger partial charge < -0.3 is 4.90 Å². The van der Waals surface area contributed by atoms with Crippen molar-refractivity contribution < 1.29 is 0 Å². The highest BCUT2D eigenvalue weighted by atomic mass is 32.1.